The lowest BCUT2D eigenvalue weighted by molar-refractivity contribution is -0.137. The number of amides is 1. The van der Waals surface area contributed by atoms with Gasteiger partial charge in [0.25, 0.3) is 0 Å². The highest BCUT2D eigenvalue weighted by Crippen LogP contribution is 2.44. The fourth-order valence-electron chi connectivity index (χ4n) is 7.08. The third-order valence-electron chi connectivity index (χ3n) is 9.14. The summed E-state index contributed by atoms with van der Waals surface area (Å²) in [7, 11) is 0. The van der Waals surface area contributed by atoms with Gasteiger partial charge in [0.2, 0.25) is 0 Å². The zero-order chi connectivity index (χ0) is 32.9. The number of aliphatic carboxylic acids is 1. The molecule has 0 unspecified atom stereocenters. The number of alkyl carbamates (subject to hydrolysis) is 1. The van der Waals surface area contributed by atoms with Gasteiger partial charge in [-0.2, -0.15) is 0 Å². The van der Waals surface area contributed by atoms with Gasteiger partial charge >= 0.3 is 12.1 Å². The number of fused-ring (bicyclic) bond motifs is 3. The molecule has 0 spiro atoms. The maximum Gasteiger partial charge on any atom is 0.407 e. The van der Waals surface area contributed by atoms with Crippen LogP contribution in [-0.4, -0.2) is 39.4 Å². The summed E-state index contributed by atoms with van der Waals surface area (Å²) in [4.78, 5) is 29.8. The fourth-order valence-corrected chi connectivity index (χ4v) is 7.08. The van der Waals surface area contributed by atoms with Gasteiger partial charge in [0, 0.05) is 24.6 Å². The summed E-state index contributed by atoms with van der Waals surface area (Å²) in [6.07, 6.45) is 3.00. The Morgan fingerprint density at radius 3 is 1.71 bits per heavy atom. The van der Waals surface area contributed by atoms with E-state index in [9.17, 15) is 14.7 Å². The third-order valence-corrected chi connectivity index (χ3v) is 9.14. The summed E-state index contributed by atoms with van der Waals surface area (Å²) in [5.74, 6) is -1.12. The van der Waals surface area contributed by atoms with Gasteiger partial charge in [-0.3, -0.25) is 4.79 Å². The van der Waals surface area contributed by atoms with E-state index >= 15 is 0 Å². The number of carboxylic acids is 1. The highest BCUT2D eigenvalue weighted by molar-refractivity contribution is 5.79. The molecule has 0 aliphatic heterocycles. The van der Waals surface area contributed by atoms with E-state index in [1.165, 1.54) is 0 Å². The molecule has 6 aromatic rings. The Hall–Kier alpha value is -5.95. The van der Waals surface area contributed by atoms with Crippen molar-refractivity contribution in [2.45, 2.75) is 30.3 Å². The molecule has 7 rings (SSSR count). The molecule has 7 nitrogen and oxygen atoms in total. The van der Waals surface area contributed by atoms with Crippen LogP contribution in [0.3, 0.4) is 0 Å². The highest BCUT2D eigenvalue weighted by atomic mass is 16.5. The first-order valence-corrected chi connectivity index (χ1v) is 16.1. The predicted molar refractivity (Wildman–Crippen MR) is 185 cm³/mol. The monoisotopic (exact) mass is 633 g/mol. The molecule has 5 aromatic carbocycles. The lowest BCUT2D eigenvalue weighted by atomic mass is 9.77. The summed E-state index contributed by atoms with van der Waals surface area (Å²) in [5.41, 5.74) is 7.53. The van der Waals surface area contributed by atoms with Gasteiger partial charge in [0.15, 0.2) is 0 Å². The maximum atomic E-state index is 13.2. The first-order chi connectivity index (χ1) is 23.5. The van der Waals surface area contributed by atoms with Crippen molar-refractivity contribution in [3.63, 3.8) is 0 Å². The number of carboxylic acid groups (broad SMARTS) is 1. The Kier molecular flexibility index (Phi) is 8.58. The molecule has 1 amide bonds. The SMILES string of the molecule is O=C(O)C[C@H](Cc1cn(C(c2ccccc2)(c2ccccc2)c2ccccc2)cn1)NC(=O)OCC1c2ccccc2-c2ccccc21. The average molecular weight is 634 g/mol. The van der Waals surface area contributed by atoms with Gasteiger partial charge in [-0.05, 0) is 38.9 Å². The summed E-state index contributed by atoms with van der Waals surface area (Å²) in [6.45, 7) is 0.141. The second-order valence-corrected chi connectivity index (χ2v) is 12.0. The number of hydrogen-bond donors (Lipinski definition) is 2. The molecule has 1 aromatic heterocycles. The lowest BCUT2D eigenvalue weighted by Crippen LogP contribution is -2.39. The number of rotatable bonds is 11. The number of aromatic nitrogens is 2. The van der Waals surface area contributed by atoms with Crippen LogP contribution in [0.4, 0.5) is 4.79 Å². The zero-order valence-electron chi connectivity index (χ0n) is 26.3. The molecular formula is C41H35N3O4. The number of carbonyl (C=O) groups is 2. The number of carbonyl (C=O) groups excluding carboxylic acids is 1. The van der Waals surface area contributed by atoms with E-state index in [4.69, 9.17) is 9.72 Å². The Morgan fingerprint density at radius 1 is 0.729 bits per heavy atom. The predicted octanol–water partition coefficient (Wildman–Crippen LogP) is 7.65. The van der Waals surface area contributed by atoms with E-state index in [0.29, 0.717) is 5.69 Å². The Labute approximate surface area is 279 Å². The molecule has 0 saturated heterocycles. The molecule has 0 saturated carbocycles. The first kappa shape index (κ1) is 30.7. The van der Waals surface area contributed by atoms with Crippen molar-refractivity contribution in [3.8, 4) is 11.1 Å². The van der Waals surface area contributed by atoms with Crippen LogP contribution in [0.2, 0.25) is 0 Å². The quantitative estimate of drug-likeness (QED) is 0.143. The van der Waals surface area contributed by atoms with Gasteiger partial charge in [-0.1, -0.05) is 140 Å². The Bertz CT molecular complexity index is 1880. The van der Waals surface area contributed by atoms with Gasteiger partial charge in [0.05, 0.1) is 18.4 Å². The molecule has 1 heterocycles. The summed E-state index contributed by atoms with van der Waals surface area (Å²) in [6, 6.07) is 46.3. The molecule has 238 valence electrons. The van der Waals surface area contributed by atoms with E-state index in [0.717, 1.165) is 38.9 Å². The van der Waals surface area contributed by atoms with Crippen molar-refractivity contribution in [2.75, 3.05) is 6.61 Å². The largest absolute Gasteiger partial charge is 0.481 e. The van der Waals surface area contributed by atoms with Crippen molar-refractivity contribution in [1.82, 2.24) is 14.9 Å². The molecule has 1 atom stereocenters. The highest BCUT2D eigenvalue weighted by Gasteiger charge is 2.38. The van der Waals surface area contributed by atoms with E-state index in [1.807, 2.05) is 85.1 Å². The smallest absolute Gasteiger partial charge is 0.407 e. The first-order valence-electron chi connectivity index (χ1n) is 16.1. The summed E-state index contributed by atoms with van der Waals surface area (Å²) in [5, 5.41) is 12.6. The van der Waals surface area contributed by atoms with E-state index in [1.54, 1.807) is 6.33 Å². The fraction of sp³-hybridized carbons (Fsp3) is 0.146. The summed E-state index contributed by atoms with van der Waals surface area (Å²) < 4.78 is 7.83. The summed E-state index contributed by atoms with van der Waals surface area (Å²) >= 11 is 0. The lowest BCUT2D eigenvalue weighted by Gasteiger charge is -2.37. The van der Waals surface area contributed by atoms with Crippen molar-refractivity contribution < 1.29 is 19.4 Å². The topological polar surface area (TPSA) is 93.5 Å². The van der Waals surface area contributed by atoms with Gasteiger partial charge in [0.1, 0.15) is 12.1 Å². The standard InChI is InChI=1S/C41H35N3O4/c45-39(46)25-32(43-40(47)48-27-38-36-22-12-10-20-34(36)35-21-11-13-23-37(35)38)24-33-26-44(28-42-33)41(29-14-4-1-5-15-29,30-16-6-2-7-17-30)31-18-8-3-9-19-31/h1-23,26,28,32,38H,24-25,27H2,(H,43,47)(H,45,46)/t32-/m0/s1. The number of ether oxygens (including phenoxy) is 1. The molecule has 2 N–H and O–H groups in total. The molecular weight excluding hydrogens is 598 g/mol. The molecule has 0 radical (unpaired) electrons. The minimum atomic E-state index is -1.02. The number of benzene rings is 5. The number of nitrogens with one attached hydrogen (secondary N) is 1. The van der Waals surface area contributed by atoms with Crippen LogP contribution in [-0.2, 0) is 21.5 Å². The second kappa shape index (κ2) is 13.4. The normalized spacial score (nSPS) is 12.9. The van der Waals surface area contributed by atoms with Crippen LogP contribution in [0.1, 0.15) is 45.8 Å². The van der Waals surface area contributed by atoms with Gasteiger partial charge in [-0.15, -0.1) is 0 Å². The van der Waals surface area contributed by atoms with Crippen molar-refractivity contribution in [2.24, 2.45) is 0 Å². The number of nitrogens with zero attached hydrogens (tertiary/aromatic N) is 2. The average Bonchev–Trinajstić information content (AvgIpc) is 3.71. The molecule has 1 aliphatic carbocycles. The molecule has 1 aliphatic rings. The van der Waals surface area contributed by atoms with Crippen LogP contribution in [0, 0.1) is 0 Å². The van der Waals surface area contributed by atoms with E-state index < -0.39 is 23.6 Å². The van der Waals surface area contributed by atoms with Crippen LogP contribution in [0.25, 0.3) is 11.1 Å². The van der Waals surface area contributed by atoms with Gasteiger partial charge in [-0.25, -0.2) is 9.78 Å². The zero-order valence-corrected chi connectivity index (χ0v) is 26.3. The second-order valence-electron chi connectivity index (χ2n) is 12.0. The van der Waals surface area contributed by atoms with E-state index in [-0.39, 0.29) is 25.4 Å². The minimum absolute atomic E-state index is 0.0983. The van der Waals surface area contributed by atoms with Crippen molar-refractivity contribution >= 4 is 12.1 Å². The van der Waals surface area contributed by atoms with Gasteiger partial charge < -0.3 is 19.7 Å². The van der Waals surface area contributed by atoms with Crippen LogP contribution < -0.4 is 5.32 Å². The Morgan fingerprint density at radius 2 is 1.21 bits per heavy atom. The molecule has 7 heteroatoms. The third kappa shape index (κ3) is 5.86. The van der Waals surface area contributed by atoms with E-state index in [2.05, 4.69) is 70.5 Å². The number of hydrogen-bond acceptors (Lipinski definition) is 4. The maximum absolute atomic E-state index is 13.2. The van der Waals surface area contributed by atoms with Crippen LogP contribution in [0.5, 0.6) is 0 Å². The van der Waals surface area contributed by atoms with Crippen molar-refractivity contribution in [1.29, 1.82) is 0 Å². The molecule has 48 heavy (non-hydrogen) atoms. The van der Waals surface area contributed by atoms with Crippen LogP contribution >= 0.6 is 0 Å². The molecule has 0 bridgehead atoms. The Balaban J connectivity index is 1.15. The van der Waals surface area contributed by atoms with Crippen LogP contribution in [0.15, 0.2) is 152 Å². The van der Waals surface area contributed by atoms with Crippen molar-refractivity contribution in [3.05, 3.63) is 186 Å². The number of imidazole rings is 1. The minimum Gasteiger partial charge on any atom is -0.481 e. The molecule has 0 fully saturated rings.